The Morgan fingerprint density at radius 1 is 1.16 bits per heavy atom. The highest BCUT2D eigenvalue weighted by Gasteiger charge is 2.24. The van der Waals surface area contributed by atoms with Crippen LogP contribution in [0, 0.1) is 0 Å². The maximum absolute atomic E-state index is 12.3. The summed E-state index contributed by atoms with van der Waals surface area (Å²) in [6, 6.07) is 11.5. The Labute approximate surface area is 111 Å². The second-order valence-corrected chi connectivity index (χ2v) is 4.51. The molecule has 3 rings (SSSR count). The maximum atomic E-state index is 12.3. The molecule has 0 saturated carbocycles. The van der Waals surface area contributed by atoms with Gasteiger partial charge in [-0.25, -0.2) is 4.98 Å². The van der Waals surface area contributed by atoms with Gasteiger partial charge in [0.05, 0.1) is 11.9 Å². The largest absolute Gasteiger partial charge is 0.329 e. The molecule has 2 aromatic rings. The van der Waals surface area contributed by atoms with E-state index in [0.29, 0.717) is 24.5 Å². The fourth-order valence-corrected chi connectivity index (χ4v) is 2.24. The van der Waals surface area contributed by atoms with Crippen LogP contribution >= 0.6 is 0 Å². The molecule has 5 heteroatoms. The number of nitrogens with two attached hydrogens (primary N) is 1. The first-order valence-electron chi connectivity index (χ1n) is 6.06. The number of anilines is 1. The van der Waals surface area contributed by atoms with Crippen molar-refractivity contribution in [3.05, 3.63) is 59.4 Å². The van der Waals surface area contributed by atoms with Crippen molar-refractivity contribution in [3.63, 3.8) is 0 Å². The molecule has 0 spiro atoms. The molecule has 1 aliphatic rings. The van der Waals surface area contributed by atoms with Crippen LogP contribution in [-0.4, -0.2) is 15.8 Å². The number of nitrogen functional groups attached to an aromatic ring is 1. The number of hydrazine groups is 1. The molecule has 1 amide bonds. The Kier molecular flexibility index (Phi) is 2.89. The van der Waals surface area contributed by atoms with E-state index in [0.717, 1.165) is 0 Å². The van der Waals surface area contributed by atoms with Gasteiger partial charge < -0.3 is 10.3 Å². The molecule has 0 atom stereocenters. The summed E-state index contributed by atoms with van der Waals surface area (Å²) in [6.45, 7) is 1.29. The van der Waals surface area contributed by atoms with E-state index in [1.807, 2.05) is 12.1 Å². The molecule has 3 N–H and O–H groups in total. The Balaban J connectivity index is 1.79. The van der Waals surface area contributed by atoms with Crippen LogP contribution in [0.1, 0.15) is 21.6 Å². The van der Waals surface area contributed by atoms with Gasteiger partial charge in [-0.15, -0.1) is 0 Å². The minimum absolute atomic E-state index is 0.0558. The highest BCUT2D eigenvalue weighted by molar-refractivity contribution is 5.92. The summed E-state index contributed by atoms with van der Waals surface area (Å²) in [5.74, 6) is 5.21. The van der Waals surface area contributed by atoms with Crippen LogP contribution in [0.2, 0.25) is 0 Å². The number of benzene rings is 1. The standard InChI is InChI=1S/C14H14N4O/c15-17-12-5-6-13(16-7-12)14(19)18-8-10-3-1-2-4-11(10)9-18/h1-7,17H,8-9,15H2. The van der Waals surface area contributed by atoms with Crippen LogP contribution < -0.4 is 11.3 Å². The molecule has 1 aromatic carbocycles. The normalized spacial score (nSPS) is 13.2. The van der Waals surface area contributed by atoms with Gasteiger partial charge in [0.15, 0.2) is 0 Å². The van der Waals surface area contributed by atoms with Crippen LogP contribution in [0.5, 0.6) is 0 Å². The quantitative estimate of drug-likeness (QED) is 0.629. The van der Waals surface area contributed by atoms with Crippen molar-refractivity contribution in [2.45, 2.75) is 13.1 Å². The molecule has 96 valence electrons. The van der Waals surface area contributed by atoms with Gasteiger partial charge in [0.25, 0.3) is 5.91 Å². The number of rotatable bonds is 2. The Morgan fingerprint density at radius 3 is 2.37 bits per heavy atom. The average Bonchev–Trinajstić information content (AvgIpc) is 2.90. The summed E-state index contributed by atoms with van der Waals surface area (Å²) in [5, 5.41) is 0. The van der Waals surface area contributed by atoms with Gasteiger partial charge in [-0.1, -0.05) is 24.3 Å². The predicted molar refractivity (Wildman–Crippen MR) is 72.1 cm³/mol. The first kappa shape index (κ1) is 11.7. The van der Waals surface area contributed by atoms with Crippen molar-refractivity contribution in [3.8, 4) is 0 Å². The molecule has 0 unspecified atom stereocenters. The summed E-state index contributed by atoms with van der Waals surface area (Å²) in [7, 11) is 0. The lowest BCUT2D eigenvalue weighted by Crippen LogP contribution is -2.26. The van der Waals surface area contributed by atoms with Crippen molar-refractivity contribution >= 4 is 11.6 Å². The van der Waals surface area contributed by atoms with E-state index in [1.54, 1.807) is 23.2 Å². The number of amides is 1. The average molecular weight is 254 g/mol. The van der Waals surface area contributed by atoms with Gasteiger partial charge in [0.2, 0.25) is 0 Å². The van der Waals surface area contributed by atoms with Crippen molar-refractivity contribution in [1.82, 2.24) is 9.88 Å². The van der Waals surface area contributed by atoms with E-state index < -0.39 is 0 Å². The molecule has 1 aliphatic heterocycles. The summed E-state index contributed by atoms with van der Waals surface area (Å²) < 4.78 is 0. The highest BCUT2D eigenvalue weighted by Crippen LogP contribution is 2.23. The van der Waals surface area contributed by atoms with Crippen LogP contribution in [0.25, 0.3) is 0 Å². The Morgan fingerprint density at radius 2 is 1.84 bits per heavy atom. The number of hydrogen-bond donors (Lipinski definition) is 2. The van der Waals surface area contributed by atoms with Gasteiger partial charge >= 0.3 is 0 Å². The zero-order valence-electron chi connectivity index (χ0n) is 10.3. The number of nitrogens with one attached hydrogen (secondary N) is 1. The second-order valence-electron chi connectivity index (χ2n) is 4.51. The lowest BCUT2D eigenvalue weighted by molar-refractivity contribution is 0.0745. The molecule has 0 bridgehead atoms. The van der Waals surface area contributed by atoms with Gasteiger partial charge in [-0.05, 0) is 23.3 Å². The molecule has 0 radical (unpaired) electrons. The van der Waals surface area contributed by atoms with E-state index in [9.17, 15) is 4.79 Å². The second kappa shape index (κ2) is 4.70. The SMILES string of the molecule is NNc1ccc(C(=O)N2Cc3ccccc3C2)nc1. The lowest BCUT2D eigenvalue weighted by Gasteiger charge is -2.14. The van der Waals surface area contributed by atoms with E-state index in [1.165, 1.54) is 11.1 Å². The lowest BCUT2D eigenvalue weighted by atomic mass is 10.1. The monoisotopic (exact) mass is 254 g/mol. The number of carbonyl (C=O) groups is 1. The van der Waals surface area contributed by atoms with Gasteiger partial charge in [-0.2, -0.15) is 0 Å². The fourth-order valence-electron chi connectivity index (χ4n) is 2.24. The third kappa shape index (κ3) is 2.15. The zero-order chi connectivity index (χ0) is 13.2. The van der Waals surface area contributed by atoms with Crippen molar-refractivity contribution in [2.75, 3.05) is 5.43 Å². The minimum atomic E-state index is -0.0558. The van der Waals surface area contributed by atoms with E-state index >= 15 is 0 Å². The minimum Gasteiger partial charge on any atom is -0.329 e. The van der Waals surface area contributed by atoms with E-state index in [-0.39, 0.29) is 5.91 Å². The number of pyridine rings is 1. The number of hydrogen-bond acceptors (Lipinski definition) is 4. The highest BCUT2D eigenvalue weighted by atomic mass is 16.2. The van der Waals surface area contributed by atoms with Crippen LogP contribution in [0.15, 0.2) is 42.6 Å². The molecule has 1 aromatic heterocycles. The third-order valence-corrected chi connectivity index (χ3v) is 3.28. The van der Waals surface area contributed by atoms with Crippen molar-refractivity contribution in [1.29, 1.82) is 0 Å². The Hall–Kier alpha value is -2.40. The van der Waals surface area contributed by atoms with Gasteiger partial charge in [0, 0.05) is 13.1 Å². The molecule has 5 nitrogen and oxygen atoms in total. The molecule has 19 heavy (non-hydrogen) atoms. The number of fused-ring (bicyclic) bond motifs is 1. The van der Waals surface area contributed by atoms with Crippen LogP contribution in [-0.2, 0) is 13.1 Å². The molecule has 2 heterocycles. The van der Waals surface area contributed by atoms with Crippen molar-refractivity contribution in [2.24, 2.45) is 5.84 Å². The fraction of sp³-hybridized carbons (Fsp3) is 0.143. The molecule has 0 aliphatic carbocycles. The summed E-state index contributed by atoms with van der Waals surface area (Å²) >= 11 is 0. The van der Waals surface area contributed by atoms with E-state index in [2.05, 4.69) is 22.5 Å². The summed E-state index contributed by atoms with van der Waals surface area (Å²) in [5.41, 5.74) is 6.02. The topological polar surface area (TPSA) is 71.2 Å². The van der Waals surface area contributed by atoms with Crippen molar-refractivity contribution < 1.29 is 4.79 Å². The number of carbonyl (C=O) groups excluding carboxylic acids is 1. The van der Waals surface area contributed by atoms with Crippen LogP contribution in [0.3, 0.4) is 0 Å². The predicted octanol–water partition coefficient (Wildman–Crippen LogP) is 1.52. The van der Waals surface area contributed by atoms with Gasteiger partial charge in [0.1, 0.15) is 5.69 Å². The van der Waals surface area contributed by atoms with E-state index in [4.69, 9.17) is 5.84 Å². The maximum Gasteiger partial charge on any atom is 0.273 e. The first-order chi connectivity index (χ1) is 9.28. The third-order valence-electron chi connectivity index (χ3n) is 3.28. The molecule has 0 saturated heterocycles. The number of nitrogens with zero attached hydrogens (tertiary/aromatic N) is 2. The van der Waals surface area contributed by atoms with Gasteiger partial charge in [-0.3, -0.25) is 10.6 Å². The smallest absolute Gasteiger partial charge is 0.273 e. The summed E-state index contributed by atoms with van der Waals surface area (Å²) in [4.78, 5) is 18.2. The zero-order valence-corrected chi connectivity index (χ0v) is 10.3. The van der Waals surface area contributed by atoms with Crippen LogP contribution in [0.4, 0.5) is 5.69 Å². The molecule has 0 fully saturated rings. The molecular weight excluding hydrogens is 240 g/mol. The number of aromatic nitrogens is 1. The molecular formula is C14H14N4O. The summed E-state index contributed by atoms with van der Waals surface area (Å²) in [6.07, 6.45) is 1.55. The first-order valence-corrected chi connectivity index (χ1v) is 6.06. The Bertz CT molecular complexity index is 584.